The van der Waals surface area contributed by atoms with E-state index in [1.807, 2.05) is 24.3 Å². The Bertz CT molecular complexity index is 887. The first-order chi connectivity index (χ1) is 14.5. The van der Waals surface area contributed by atoms with Gasteiger partial charge in [-0.05, 0) is 54.5 Å². The van der Waals surface area contributed by atoms with Gasteiger partial charge in [0, 0.05) is 38.4 Å². The Morgan fingerprint density at radius 3 is 2.50 bits per heavy atom. The monoisotopic (exact) mass is 408 g/mol. The van der Waals surface area contributed by atoms with Gasteiger partial charge in [-0.2, -0.15) is 0 Å². The van der Waals surface area contributed by atoms with Crippen molar-refractivity contribution in [2.24, 2.45) is 11.8 Å². The third-order valence-corrected chi connectivity index (χ3v) is 6.11. The Hall–Kier alpha value is -2.77. The number of hydrogen-bond acceptors (Lipinski definition) is 5. The van der Waals surface area contributed by atoms with Crippen LogP contribution in [-0.4, -0.2) is 52.0 Å². The standard InChI is InChI=1S/C23H28N4O3/c1-15(28)25-19-7-5-16(6-8-19)12-27-13-17-10-21(22(29)11-18(17)14-27)26-23(30)20-4-2-3-9-24-20/h2-9,17-18,21-22,29H,10-14H2,1H3,(H,25,28)(H,26,30)/t17-,18+,21-,22-/m0/s1. The van der Waals surface area contributed by atoms with E-state index in [4.69, 9.17) is 0 Å². The summed E-state index contributed by atoms with van der Waals surface area (Å²) in [7, 11) is 0. The van der Waals surface area contributed by atoms with Crippen LogP contribution in [0.2, 0.25) is 0 Å². The lowest BCUT2D eigenvalue weighted by Crippen LogP contribution is -2.49. The zero-order valence-corrected chi connectivity index (χ0v) is 17.1. The molecule has 7 nitrogen and oxygen atoms in total. The molecule has 2 heterocycles. The van der Waals surface area contributed by atoms with Crippen LogP contribution in [0.1, 0.15) is 35.8 Å². The van der Waals surface area contributed by atoms with Gasteiger partial charge in [-0.1, -0.05) is 18.2 Å². The zero-order valence-electron chi connectivity index (χ0n) is 17.1. The van der Waals surface area contributed by atoms with Crippen molar-refractivity contribution in [3.8, 4) is 0 Å². The van der Waals surface area contributed by atoms with Gasteiger partial charge in [-0.15, -0.1) is 0 Å². The highest BCUT2D eigenvalue weighted by atomic mass is 16.3. The number of aliphatic hydroxyl groups excluding tert-OH is 1. The summed E-state index contributed by atoms with van der Waals surface area (Å²) in [4.78, 5) is 30.1. The number of hydrogen-bond donors (Lipinski definition) is 3. The molecule has 2 fully saturated rings. The number of rotatable bonds is 5. The van der Waals surface area contributed by atoms with E-state index in [9.17, 15) is 14.7 Å². The number of benzene rings is 1. The summed E-state index contributed by atoms with van der Waals surface area (Å²) < 4.78 is 0. The quantitative estimate of drug-likeness (QED) is 0.704. The molecule has 158 valence electrons. The highest BCUT2D eigenvalue weighted by Crippen LogP contribution is 2.37. The van der Waals surface area contributed by atoms with Gasteiger partial charge in [0.05, 0.1) is 12.1 Å². The topological polar surface area (TPSA) is 94.6 Å². The van der Waals surface area contributed by atoms with Gasteiger partial charge in [-0.25, -0.2) is 0 Å². The van der Waals surface area contributed by atoms with Crippen LogP contribution in [-0.2, 0) is 11.3 Å². The molecule has 0 spiro atoms. The molecule has 1 saturated carbocycles. The molecule has 4 atom stereocenters. The van der Waals surface area contributed by atoms with Crippen molar-refractivity contribution in [3.63, 3.8) is 0 Å². The largest absolute Gasteiger partial charge is 0.391 e. The van der Waals surface area contributed by atoms with E-state index in [1.54, 1.807) is 24.4 Å². The Labute approximate surface area is 176 Å². The van der Waals surface area contributed by atoms with Gasteiger partial charge in [0.2, 0.25) is 5.91 Å². The van der Waals surface area contributed by atoms with Gasteiger partial charge in [0.15, 0.2) is 0 Å². The summed E-state index contributed by atoms with van der Waals surface area (Å²) >= 11 is 0. The van der Waals surface area contributed by atoms with Crippen molar-refractivity contribution in [2.45, 2.75) is 38.5 Å². The summed E-state index contributed by atoms with van der Waals surface area (Å²) in [6.45, 7) is 4.26. The van der Waals surface area contributed by atoms with Crippen LogP contribution in [0.4, 0.5) is 5.69 Å². The average molecular weight is 409 g/mol. The Kier molecular flexibility index (Phi) is 6.11. The third kappa shape index (κ3) is 4.86. The number of anilines is 1. The molecule has 1 aromatic carbocycles. The first-order valence-electron chi connectivity index (χ1n) is 10.5. The lowest BCUT2D eigenvalue weighted by atomic mass is 9.77. The van der Waals surface area contributed by atoms with Gasteiger partial charge in [0.25, 0.3) is 5.91 Å². The van der Waals surface area contributed by atoms with E-state index in [-0.39, 0.29) is 17.9 Å². The number of nitrogens with one attached hydrogen (secondary N) is 2. The maximum absolute atomic E-state index is 12.4. The van der Waals surface area contributed by atoms with Crippen LogP contribution in [0.3, 0.4) is 0 Å². The molecule has 0 radical (unpaired) electrons. The highest BCUT2D eigenvalue weighted by molar-refractivity contribution is 5.92. The minimum Gasteiger partial charge on any atom is -0.391 e. The summed E-state index contributed by atoms with van der Waals surface area (Å²) in [6.07, 6.45) is 2.55. The smallest absolute Gasteiger partial charge is 0.270 e. The fourth-order valence-corrected chi connectivity index (χ4v) is 4.71. The lowest BCUT2D eigenvalue weighted by molar-refractivity contribution is -0.114. The van der Waals surface area contributed by atoms with Crippen LogP contribution in [0, 0.1) is 11.8 Å². The number of fused-ring (bicyclic) bond motifs is 1. The molecular formula is C23H28N4O3. The highest BCUT2D eigenvalue weighted by Gasteiger charge is 2.42. The minimum absolute atomic E-state index is 0.0744. The molecule has 1 saturated heterocycles. The predicted octanol–water partition coefficient (Wildman–Crippen LogP) is 2.04. The van der Waals surface area contributed by atoms with Crippen molar-refractivity contribution in [2.75, 3.05) is 18.4 Å². The summed E-state index contributed by atoms with van der Waals surface area (Å²) in [5.74, 6) is 0.601. The molecule has 0 unspecified atom stereocenters. The second kappa shape index (κ2) is 8.93. The van der Waals surface area contributed by atoms with Crippen molar-refractivity contribution < 1.29 is 14.7 Å². The van der Waals surface area contributed by atoms with Crippen molar-refractivity contribution >= 4 is 17.5 Å². The molecule has 1 aromatic heterocycles. The average Bonchev–Trinajstić information content (AvgIpc) is 3.11. The zero-order chi connectivity index (χ0) is 21.1. The fraction of sp³-hybridized carbons (Fsp3) is 0.435. The summed E-state index contributed by atoms with van der Waals surface area (Å²) in [6, 6.07) is 12.9. The van der Waals surface area contributed by atoms with E-state index < -0.39 is 6.10 Å². The maximum atomic E-state index is 12.4. The SMILES string of the molecule is CC(=O)Nc1ccc(CN2C[C@H]3C[C@H](O)[C@@H](NC(=O)c4ccccn4)C[C@H]3C2)cc1. The van der Waals surface area contributed by atoms with Crippen molar-refractivity contribution in [1.82, 2.24) is 15.2 Å². The number of carbonyl (C=O) groups is 2. The molecule has 3 N–H and O–H groups in total. The second-order valence-corrected chi connectivity index (χ2v) is 8.43. The van der Waals surface area contributed by atoms with E-state index >= 15 is 0 Å². The van der Waals surface area contributed by atoms with Crippen LogP contribution < -0.4 is 10.6 Å². The van der Waals surface area contributed by atoms with Crippen molar-refractivity contribution in [1.29, 1.82) is 0 Å². The Morgan fingerprint density at radius 2 is 1.83 bits per heavy atom. The second-order valence-electron chi connectivity index (χ2n) is 8.43. The molecule has 1 aliphatic carbocycles. The Morgan fingerprint density at radius 1 is 1.10 bits per heavy atom. The van der Waals surface area contributed by atoms with Gasteiger partial charge >= 0.3 is 0 Å². The van der Waals surface area contributed by atoms with E-state index in [1.165, 1.54) is 12.5 Å². The van der Waals surface area contributed by atoms with E-state index in [0.29, 0.717) is 24.0 Å². The molecule has 2 aromatic rings. The summed E-state index contributed by atoms with van der Waals surface area (Å²) in [5, 5.41) is 16.4. The molecular weight excluding hydrogens is 380 g/mol. The number of aliphatic hydroxyl groups is 1. The van der Waals surface area contributed by atoms with E-state index in [0.717, 1.165) is 31.7 Å². The number of carbonyl (C=O) groups excluding carboxylic acids is 2. The van der Waals surface area contributed by atoms with Crippen LogP contribution in [0.15, 0.2) is 48.7 Å². The minimum atomic E-state index is -0.532. The number of pyridine rings is 1. The normalized spacial score (nSPS) is 26.1. The molecule has 2 amide bonds. The molecule has 30 heavy (non-hydrogen) atoms. The van der Waals surface area contributed by atoms with Gasteiger partial charge in [0.1, 0.15) is 5.69 Å². The van der Waals surface area contributed by atoms with Crippen LogP contribution in [0.25, 0.3) is 0 Å². The summed E-state index contributed by atoms with van der Waals surface area (Å²) in [5.41, 5.74) is 2.38. The molecule has 0 bridgehead atoms. The predicted molar refractivity (Wildman–Crippen MR) is 114 cm³/mol. The van der Waals surface area contributed by atoms with Crippen LogP contribution >= 0.6 is 0 Å². The lowest BCUT2D eigenvalue weighted by Gasteiger charge is -2.35. The molecule has 7 heteroatoms. The molecule has 1 aliphatic heterocycles. The Balaban J connectivity index is 1.32. The van der Waals surface area contributed by atoms with Gasteiger partial charge in [-0.3, -0.25) is 19.5 Å². The maximum Gasteiger partial charge on any atom is 0.270 e. The number of amides is 2. The van der Waals surface area contributed by atoms with Crippen LogP contribution in [0.5, 0.6) is 0 Å². The first-order valence-corrected chi connectivity index (χ1v) is 10.5. The fourth-order valence-electron chi connectivity index (χ4n) is 4.71. The molecule has 4 rings (SSSR count). The molecule has 2 aliphatic rings. The van der Waals surface area contributed by atoms with Gasteiger partial charge < -0.3 is 15.7 Å². The van der Waals surface area contributed by atoms with E-state index in [2.05, 4.69) is 20.5 Å². The number of likely N-dealkylation sites (tertiary alicyclic amines) is 1. The first kappa shape index (κ1) is 20.5. The number of nitrogens with zero attached hydrogens (tertiary/aromatic N) is 2. The van der Waals surface area contributed by atoms with Crippen molar-refractivity contribution in [3.05, 3.63) is 59.9 Å². The third-order valence-electron chi connectivity index (χ3n) is 6.11. The number of aromatic nitrogens is 1.